The van der Waals surface area contributed by atoms with E-state index in [1.165, 1.54) is 62.7 Å². The van der Waals surface area contributed by atoms with E-state index in [9.17, 15) is 9.59 Å². The summed E-state index contributed by atoms with van der Waals surface area (Å²) < 4.78 is 0. The van der Waals surface area contributed by atoms with Crippen molar-refractivity contribution in [1.82, 2.24) is 19.6 Å². The Balaban J connectivity index is 1.95. The molecule has 0 N–H and O–H groups in total. The molecule has 6 nitrogen and oxygen atoms in total. The van der Waals surface area contributed by atoms with E-state index in [1.807, 2.05) is 18.9 Å². The molecule has 1 aliphatic heterocycles. The van der Waals surface area contributed by atoms with E-state index in [0.717, 1.165) is 38.8 Å². The summed E-state index contributed by atoms with van der Waals surface area (Å²) in [6.45, 7) is 9.34. The molecule has 186 valence electrons. The highest BCUT2D eigenvalue weighted by Gasteiger charge is 2.59. The van der Waals surface area contributed by atoms with E-state index >= 15 is 0 Å². The van der Waals surface area contributed by atoms with Gasteiger partial charge in [-0.25, -0.2) is 9.69 Å². The molecule has 3 amide bonds. The Hall–Kier alpha value is -1.14. The molecule has 1 aliphatic carbocycles. The van der Waals surface area contributed by atoms with Gasteiger partial charge in [0.1, 0.15) is 5.54 Å². The molecule has 1 heterocycles. The summed E-state index contributed by atoms with van der Waals surface area (Å²) in [5.41, 5.74) is -0.687. The van der Waals surface area contributed by atoms with Crippen LogP contribution in [-0.2, 0) is 4.79 Å². The van der Waals surface area contributed by atoms with Crippen molar-refractivity contribution in [3.63, 3.8) is 0 Å². The second kappa shape index (κ2) is 13.5. The lowest BCUT2D eigenvalue weighted by molar-refractivity contribution is -0.138. The van der Waals surface area contributed by atoms with Gasteiger partial charge in [0.15, 0.2) is 0 Å². The van der Waals surface area contributed by atoms with Crippen LogP contribution in [0.3, 0.4) is 0 Å². The topological polar surface area (TPSA) is 47.1 Å². The van der Waals surface area contributed by atoms with Crippen LogP contribution < -0.4 is 0 Å². The first-order chi connectivity index (χ1) is 15.4. The summed E-state index contributed by atoms with van der Waals surface area (Å²) in [7, 11) is 4.12. The third-order valence-electron chi connectivity index (χ3n) is 7.65. The maximum Gasteiger partial charge on any atom is 0.329 e. The Bertz CT molecular complexity index is 580. The smallest absolute Gasteiger partial charge is 0.297 e. The van der Waals surface area contributed by atoms with Gasteiger partial charge in [0.2, 0.25) is 0 Å². The SMILES string of the molecule is CCCCCCCN(C)CN1C(=O)N(CN(C)CCCCCCC)C(C)(C2CCC2)C1=O. The third kappa shape index (κ3) is 6.93. The van der Waals surface area contributed by atoms with Crippen LogP contribution in [0.15, 0.2) is 0 Å². The summed E-state index contributed by atoms with van der Waals surface area (Å²) in [5.74, 6) is 0.308. The maximum absolute atomic E-state index is 13.6. The average Bonchev–Trinajstić information content (AvgIpc) is 2.88. The molecule has 2 fully saturated rings. The molecule has 2 aliphatic rings. The molecular weight excluding hydrogens is 400 g/mol. The first kappa shape index (κ1) is 27.1. The zero-order valence-electron chi connectivity index (χ0n) is 21.7. The lowest BCUT2D eigenvalue weighted by Crippen LogP contribution is -2.57. The fraction of sp³-hybridized carbons (Fsp3) is 0.923. The van der Waals surface area contributed by atoms with Gasteiger partial charge >= 0.3 is 6.03 Å². The highest BCUT2D eigenvalue weighted by molar-refractivity contribution is 6.07. The minimum absolute atomic E-state index is 0.0152. The third-order valence-corrected chi connectivity index (χ3v) is 7.65. The molecule has 32 heavy (non-hydrogen) atoms. The number of nitrogens with zero attached hydrogens (tertiary/aromatic N) is 4. The van der Waals surface area contributed by atoms with Gasteiger partial charge in [-0.15, -0.1) is 0 Å². The average molecular weight is 451 g/mol. The molecule has 0 spiro atoms. The number of carbonyl (C=O) groups excluding carboxylic acids is 2. The Labute approximate surface area is 197 Å². The Morgan fingerprint density at radius 3 is 1.78 bits per heavy atom. The van der Waals surface area contributed by atoms with Crippen molar-refractivity contribution in [3.8, 4) is 0 Å². The zero-order chi connectivity index (χ0) is 23.6. The van der Waals surface area contributed by atoms with Crippen LogP contribution >= 0.6 is 0 Å². The van der Waals surface area contributed by atoms with E-state index in [-0.39, 0.29) is 11.9 Å². The summed E-state index contributed by atoms with van der Waals surface area (Å²) in [4.78, 5) is 34.8. The molecule has 0 radical (unpaired) electrons. The van der Waals surface area contributed by atoms with Gasteiger partial charge in [0.25, 0.3) is 5.91 Å². The molecule has 0 aromatic heterocycles. The van der Waals surface area contributed by atoms with E-state index in [2.05, 4.69) is 30.7 Å². The number of rotatable bonds is 17. The number of hydrogen-bond donors (Lipinski definition) is 0. The van der Waals surface area contributed by atoms with E-state index in [1.54, 1.807) is 0 Å². The summed E-state index contributed by atoms with van der Waals surface area (Å²) in [6, 6.07) is -0.0972. The van der Waals surface area contributed by atoms with Crippen LogP contribution in [0.2, 0.25) is 0 Å². The van der Waals surface area contributed by atoms with Crippen LogP contribution in [0.25, 0.3) is 0 Å². The maximum atomic E-state index is 13.6. The second-order valence-corrected chi connectivity index (χ2v) is 10.5. The molecule has 0 bridgehead atoms. The highest BCUT2D eigenvalue weighted by atomic mass is 16.2. The molecule has 1 saturated heterocycles. The van der Waals surface area contributed by atoms with Crippen LogP contribution in [0.1, 0.15) is 104 Å². The lowest BCUT2D eigenvalue weighted by atomic mass is 9.71. The summed E-state index contributed by atoms with van der Waals surface area (Å²) in [6.07, 6.45) is 15.6. The summed E-state index contributed by atoms with van der Waals surface area (Å²) in [5, 5.41) is 0. The van der Waals surface area contributed by atoms with Crippen LogP contribution in [0, 0.1) is 5.92 Å². The van der Waals surface area contributed by atoms with Crippen LogP contribution in [0.4, 0.5) is 4.79 Å². The van der Waals surface area contributed by atoms with Gasteiger partial charge in [-0.05, 0) is 65.7 Å². The van der Waals surface area contributed by atoms with Crippen molar-refractivity contribution in [1.29, 1.82) is 0 Å². The van der Waals surface area contributed by atoms with Crippen molar-refractivity contribution in [2.24, 2.45) is 5.92 Å². The fourth-order valence-electron chi connectivity index (χ4n) is 5.11. The van der Waals surface area contributed by atoms with Gasteiger partial charge in [0, 0.05) is 0 Å². The number of carbonyl (C=O) groups is 2. The van der Waals surface area contributed by atoms with E-state index in [4.69, 9.17) is 0 Å². The number of hydrogen-bond acceptors (Lipinski definition) is 4. The van der Waals surface area contributed by atoms with Crippen molar-refractivity contribution in [3.05, 3.63) is 0 Å². The molecular formula is C26H50N4O2. The first-order valence-electron chi connectivity index (χ1n) is 13.4. The highest BCUT2D eigenvalue weighted by Crippen LogP contribution is 2.44. The van der Waals surface area contributed by atoms with Crippen molar-refractivity contribution in [2.45, 2.75) is 110 Å². The van der Waals surface area contributed by atoms with Gasteiger partial charge in [-0.3, -0.25) is 19.5 Å². The Morgan fingerprint density at radius 2 is 1.31 bits per heavy atom. The Morgan fingerprint density at radius 1 is 0.812 bits per heavy atom. The second-order valence-electron chi connectivity index (χ2n) is 10.5. The van der Waals surface area contributed by atoms with Gasteiger partial charge in [-0.1, -0.05) is 71.6 Å². The van der Waals surface area contributed by atoms with Gasteiger partial charge in [0.05, 0.1) is 13.3 Å². The van der Waals surface area contributed by atoms with E-state index in [0.29, 0.717) is 19.3 Å². The standard InChI is InChI=1S/C26H50N4O2/c1-6-8-10-12-14-19-27(4)21-29-24(31)26(3,23-17-16-18-23)30(25(29)32)22-28(5)20-15-13-11-9-7-2/h23H,6-22H2,1-5H3. The minimum atomic E-state index is -0.687. The van der Waals surface area contributed by atoms with Crippen molar-refractivity contribution >= 4 is 11.9 Å². The summed E-state index contributed by atoms with van der Waals surface area (Å²) >= 11 is 0. The fourth-order valence-corrected chi connectivity index (χ4v) is 5.11. The molecule has 0 aromatic carbocycles. The molecule has 1 atom stereocenters. The lowest BCUT2D eigenvalue weighted by Gasteiger charge is -2.44. The van der Waals surface area contributed by atoms with Crippen molar-refractivity contribution in [2.75, 3.05) is 40.5 Å². The Kier molecular flexibility index (Phi) is 11.5. The minimum Gasteiger partial charge on any atom is -0.297 e. The monoisotopic (exact) mass is 450 g/mol. The predicted octanol–water partition coefficient (Wildman–Crippen LogP) is 5.53. The van der Waals surface area contributed by atoms with E-state index < -0.39 is 5.54 Å². The van der Waals surface area contributed by atoms with Crippen LogP contribution in [-0.4, -0.2) is 77.6 Å². The number of unbranched alkanes of at least 4 members (excludes halogenated alkanes) is 8. The molecule has 6 heteroatoms. The molecule has 0 aromatic rings. The van der Waals surface area contributed by atoms with Crippen molar-refractivity contribution < 1.29 is 9.59 Å². The quantitative estimate of drug-likeness (QED) is 0.216. The number of amides is 3. The molecule has 1 unspecified atom stereocenters. The predicted molar refractivity (Wildman–Crippen MR) is 132 cm³/mol. The first-order valence-corrected chi connectivity index (χ1v) is 13.4. The van der Waals surface area contributed by atoms with Gasteiger partial charge in [-0.2, -0.15) is 0 Å². The van der Waals surface area contributed by atoms with Gasteiger partial charge < -0.3 is 0 Å². The number of imide groups is 1. The normalized spacial score (nSPS) is 22.0. The van der Waals surface area contributed by atoms with Crippen LogP contribution in [0.5, 0.6) is 0 Å². The molecule has 1 saturated carbocycles. The number of urea groups is 1. The zero-order valence-corrected chi connectivity index (χ0v) is 21.7. The largest absolute Gasteiger partial charge is 0.329 e. The molecule has 2 rings (SSSR count).